The summed E-state index contributed by atoms with van der Waals surface area (Å²) >= 11 is 0. The molecule has 1 atom stereocenters. The molecule has 0 amide bonds. The second kappa shape index (κ2) is 10.0. The molecule has 4 rings (SSSR count). The molecule has 0 spiro atoms. The molecule has 0 radical (unpaired) electrons. The van der Waals surface area contributed by atoms with E-state index in [9.17, 15) is 0 Å². The first-order valence-corrected chi connectivity index (χ1v) is 15.7. The largest absolute Gasteiger partial charge is 0.176 e. The summed E-state index contributed by atoms with van der Waals surface area (Å²) in [6.45, 7) is 23.2. The fourth-order valence-electron chi connectivity index (χ4n) is 6.27. The minimum absolute atomic E-state index is 0.440. The van der Waals surface area contributed by atoms with Crippen LogP contribution < -0.4 is 15.6 Å². The topological polar surface area (TPSA) is 0 Å². The normalized spacial score (nSPS) is 16.3. The zero-order chi connectivity index (χ0) is 26.4. The highest BCUT2D eigenvalue weighted by Crippen LogP contribution is 2.41. The molecule has 3 aromatic rings. The fourth-order valence-corrected chi connectivity index (χ4v) is 12.2. The Morgan fingerprint density at radius 1 is 0.556 bits per heavy atom. The lowest BCUT2D eigenvalue weighted by molar-refractivity contribution is 0.851. The summed E-state index contributed by atoms with van der Waals surface area (Å²) in [6, 6.07) is 22.2. The van der Waals surface area contributed by atoms with E-state index in [1.165, 1.54) is 60.5 Å². The van der Waals surface area contributed by atoms with Gasteiger partial charge in [-0.25, -0.2) is 0 Å². The van der Waals surface area contributed by atoms with Crippen molar-refractivity contribution in [2.45, 2.75) is 82.1 Å². The standard InChI is InChI=1S/C35H44Si/c1-11-30-19-31(12-2)21-34(20-30)36(32-15-13-22(3)24(5)17-32,33-16-14-23(4)25(6)18-33)35-28(9)26(7)27(8)29(35)10/h13-21,28H,11-12H2,1-10H3. The molecule has 1 aliphatic rings. The zero-order valence-corrected chi connectivity index (χ0v) is 25.2. The van der Waals surface area contributed by atoms with E-state index in [-0.39, 0.29) is 0 Å². The summed E-state index contributed by atoms with van der Waals surface area (Å²) in [4.78, 5) is 0. The molecule has 3 aromatic carbocycles. The second-order valence-corrected chi connectivity index (χ2v) is 14.9. The molecular weight excluding hydrogens is 448 g/mol. The number of rotatable bonds is 6. The maximum atomic E-state index is 2.56. The van der Waals surface area contributed by atoms with E-state index >= 15 is 0 Å². The van der Waals surface area contributed by atoms with Crippen LogP contribution in [0.4, 0.5) is 0 Å². The van der Waals surface area contributed by atoms with Crippen LogP contribution in [0.3, 0.4) is 0 Å². The van der Waals surface area contributed by atoms with Gasteiger partial charge in [0.2, 0.25) is 0 Å². The van der Waals surface area contributed by atoms with Gasteiger partial charge >= 0.3 is 0 Å². The third-order valence-corrected chi connectivity index (χ3v) is 14.4. The van der Waals surface area contributed by atoms with Crippen LogP contribution in [0.15, 0.2) is 76.5 Å². The number of allylic oxidation sites excluding steroid dienone is 4. The summed E-state index contributed by atoms with van der Waals surface area (Å²) in [5.41, 5.74) is 13.0. The van der Waals surface area contributed by atoms with Crippen molar-refractivity contribution in [1.82, 2.24) is 0 Å². The van der Waals surface area contributed by atoms with Crippen LogP contribution >= 0.6 is 0 Å². The molecule has 0 N–H and O–H groups in total. The monoisotopic (exact) mass is 492 g/mol. The minimum Gasteiger partial charge on any atom is -0.0636 e. The van der Waals surface area contributed by atoms with Crippen molar-refractivity contribution in [2.75, 3.05) is 0 Å². The van der Waals surface area contributed by atoms with Gasteiger partial charge in [0.1, 0.15) is 0 Å². The number of aryl methyl sites for hydroxylation is 6. The molecule has 0 bridgehead atoms. The van der Waals surface area contributed by atoms with Gasteiger partial charge in [-0.1, -0.05) is 91.7 Å². The molecule has 188 valence electrons. The van der Waals surface area contributed by atoms with Gasteiger partial charge in [0.05, 0.1) is 0 Å². The Hall–Kier alpha value is -2.64. The van der Waals surface area contributed by atoms with E-state index < -0.39 is 8.07 Å². The maximum Gasteiger partial charge on any atom is 0.176 e. The van der Waals surface area contributed by atoms with Crippen LogP contribution in [0.1, 0.15) is 74.9 Å². The van der Waals surface area contributed by atoms with E-state index in [1.807, 2.05) is 0 Å². The minimum atomic E-state index is -2.57. The van der Waals surface area contributed by atoms with Gasteiger partial charge in [0.25, 0.3) is 0 Å². The third kappa shape index (κ3) is 4.16. The number of hydrogen-bond acceptors (Lipinski definition) is 0. The molecule has 0 aromatic heterocycles. The van der Waals surface area contributed by atoms with Gasteiger partial charge in [0, 0.05) is 0 Å². The highest BCUT2D eigenvalue weighted by atomic mass is 28.3. The molecule has 1 unspecified atom stereocenters. The van der Waals surface area contributed by atoms with Crippen LogP contribution in [0, 0.1) is 33.6 Å². The van der Waals surface area contributed by atoms with E-state index in [2.05, 4.69) is 124 Å². The van der Waals surface area contributed by atoms with Gasteiger partial charge in [-0.15, -0.1) is 0 Å². The Labute approximate surface area is 221 Å². The van der Waals surface area contributed by atoms with Crippen LogP contribution in [0.5, 0.6) is 0 Å². The van der Waals surface area contributed by atoms with Crippen LogP contribution in [-0.2, 0) is 12.8 Å². The van der Waals surface area contributed by atoms with Crippen molar-refractivity contribution in [2.24, 2.45) is 5.92 Å². The molecule has 0 nitrogen and oxygen atoms in total. The van der Waals surface area contributed by atoms with Crippen molar-refractivity contribution in [3.05, 3.63) is 110 Å². The summed E-state index contributed by atoms with van der Waals surface area (Å²) in [7, 11) is -2.57. The lowest BCUT2D eigenvalue weighted by Gasteiger charge is -2.39. The molecule has 0 fully saturated rings. The summed E-state index contributed by atoms with van der Waals surface area (Å²) in [6.07, 6.45) is 2.13. The Kier molecular flexibility index (Phi) is 7.35. The first-order chi connectivity index (χ1) is 17.1. The van der Waals surface area contributed by atoms with E-state index in [4.69, 9.17) is 0 Å². The number of benzene rings is 3. The highest BCUT2D eigenvalue weighted by molar-refractivity contribution is 7.16. The van der Waals surface area contributed by atoms with Gasteiger partial charge < -0.3 is 0 Å². The Morgan fingerprint density at radius 3 is 1.39 bits per heavy atom. The van der Waals surface area contributed by atoms with Crippen molar-refractivity contribution >= 4 is 23.6 Å². The van der Waals surface area contributed by atoms with Gasteiger partial charge in [0.15, 0.2) is 8.07 Å². The molecule has 0 saturated heterocycles. The smallest absolute Gasteiger partial charge is 0.0636 e. The fraction of sp³-hybridized carbons (Fsp3) is 0.371. The Morgan fingerprint density at radius 2 is 1.03 bits per heavy atom. The molecule has 1 aliphatic carbocycles. The summed E-state index contributed by atoms with van der Waals surface area (Å²) in [5, 5.41) is 6.27. The Bertz CT molecular complexity index is 1310. The highest BCUT2D eigenvalue weighted by Gasteiger charge is 2.48. The van der Waals surface area contributed by atoms with Crippen molar-refractivity contribution < 1.29 is 0 Å². The van der Waals surface area contributed by atoms with Gasteiger partial charge in [-0.3, -0.25) is 0 Å². The quantitative estimate of drug-likeness (QED) is 0.249. The van der Waals surface area contributed by atoms with E-state index in [0.717, 1.165) is 12.8 Å². The predicted molar refractivity (Wildman–Crippen MR) is 162 cm³/mol. The molecule has 0 aliphatic heterocycles. The maximum absolute atomic E-state index is 2.57. The van der Waals surface area contributed by atoms with E-state index in [0.29, 0.717) is 5.92 Å². The first-order valence-electron chi connectivity index (χ1n) is 13.7. The molecular formula is C35H44Si. The molecule has 1 heteroatoms. The summed E-state index contributed by atoms with van der Waals surface area (Å²) in [5.74, 6) is 0.440. The van der Waals surface area contributed by atoms with Crippen molar-refractivity contribution in [1.29, 1.82) is 0 Å². The Balaban J connectivity index is 2.26. The number of hydrogen-bond donors (Lipinski definition) is 0. The zero-order valence-electron chi connectivity index (χ0n) is 24.2. The van der Waals surface area contributed by atoms with Crippen molar-refractivity contribution in [3.63, 3.8) is 0 Å². The molecule has 0 saturated carbocycles. The van der Waals surface area contributed by atoms with Crippen LogP contribution in [0.25, 0.3) is 0 Å². The lowest BCUT2D eigenvalue weighted by Crippen LogP contribution is -2.70. The van der Waals surface area contributed by atoms with E-state index in [1.54, 1.807) is 10.4 Å². The predicted octanol–water partition coefficient (Wildman–Crippen LogP) is 7.36. The summed E-state index contributed by atoms with van der Waals surface area (Å²) < 4.78 is 0. The average molecular weight is 493 g/mol. The first kappa shape index (κ1) is 26.4. The van der Waals surface area contributed by atoms with Crippen LogP contribution in [-0.4, -0.2) is 8.07 Å². The second-order valence-electron chi connectivity index (χ2n) is 11.2. The SMILES string of the molecule is CCc1cc(CC)cc([Si](C2=C(C)C(C)=C(C)C2C)(c2ccc(C)c(C)c2)c2ccc(C)c(C)c2)c1. The van der Waals surface area contributed by atoms with Crippen molar-refractivity contribution in [3.8, 4) is 0 Å². The third-order valence-electron chi connectivity index (χ3n) is 9.23. The van der Waals surface area contributed by atoms with Crippen LogP contribution in [0.2, 0.25) is 0 Å². The van der Waals surface area contributed by atoms with Gasteiger partial charge in [-0.2, -0.15) is 0 Å². The average Bonchev–Trinajstić information content (AvgIpc) is 3.06. The molecule has 0 heterocycles. The molecule has 36 heavy (non-hydrogen) atoms. The van der Waals surface area contributed by atoms with Gasteiger partial charge in [-0.05, 0) is 122 Å². The lowest BCUT2D eigenvalue weighted by atomic mass is 10.1.